The van der Waals surface area contributed by atoms with Crippen LogP contribution >= 0.6 is 0 Å². The van der Waals surface area contributed by atoms with Crippen molar-refractivity contribution in [3.05, 3.63) is 48.0 Å². The second-order valence-electron chi connectivity index (χ2n) is 6.42. The Bertz CT molecular complexity index is 589. The maximum atomic E-state index is 10.3. The molecular weight excluding hydrogens is 246 g/mol. The number of aliphatic hydroxyl groups is 1. The summed E-state index contributed by atoms with van der Waals surface area (Å²) in [5, 5.41) is 16.1. The van der Waals surface area contributed by atoms with Gasteiger partial charge in [0.25, 0.3) is 0 Å². The van der Waals surface area contributed by atoms with Crippen molar-refractivity contribution in [1.29, 1.82) is 0 Å². The zero-order valence-corrected chi connectivity index (χ0v) is 12.1. The predicted molar refractivity (Wildman–Crippen MR) is 83.7 cm³/mol. The molecule has 0 amide bonds. The second kappa shape index (κ2) is 5.55. The van der Waals surface area contributed by atoms with Crippen molar-refractivity contribution in [3.8, 4) is 0 Å². The molecule has 0 aliphatic heterocycles. The molecule has 1 aliphatic carbocycles. The molecule has 2 N–H and O–H groups in total. The molecule has 0 aromatic heterocycles. The lowest BCUT2D eigenvalue weighted by molar-refractivity contribution is 0.133. The zero-order chi connectivity index (χ0) is 14.0. The summed E-state index contributed by atoms with van der Waals surface area (Å²) in [5.74, 6) is 0. The Morgan fingerprint density at radius 1 is 1.15 bits per heavy atom. The number of aliphatic hydroxyl groups excluding tert-OH is 1. The quantitative estimate of drug-likeness (QED) is 0.868. The van der Waals surface area contributed by atoms with Crippen LogP contribution < -0.4 is 5.32 Å². The van der Waals surface area contributed by atoms with Gasteiger partial charge in [0.1, 0.15) is 0 Å². The number of rotatable bonds is 5. The van der Waals surface area contributed by atoms with E-state index in [-0.39, 0.29) is 0 Å². The Labute approximate surface area is 120 Å². The van der Waals surface area contributed by atoms with Crippen LogP contribution in [-0.4, -0.2) is 18.2 Å². The van der Waals surface area contributed by atoms with E-state index in [9.17, 15) is 5.11 Å². The highest BCUT2D eigenvalue weighted by molar-refractivity contribution is 5.83. The van der Waals surface area contributed by atoms with Gasteiger partial charge in [0.2, 0.25) is 0 Å². The van der Waals surface area contributed by atoms with Crippen molar-refractivity contribution in [3.63, 3.8) is 0 Å². The van der Waals surface area contributed by atoms with Crippen molar-refractivity contribution >= 4 is 10.8 Å². The lowest BCUT2D eigenvalue weighted by Crippen LogP contribution is -2.38. The average molecular weight is 269 g/mol. The van der Waals surface area contributed by atoms with Gasteiger partial charge in [-0.25, -0.2) is 0 Å². The standard InChI is InChI=1S/C18H23NO/c1-18(9-4-10-18)13-19-12-17(20)16-8-7-14-5-2-3-6-15(14)11-16/h2-3,5-8,11,17,19-20H,4,9-10,12-13H2,1H3. The third kappa shape index (κ3) is 2.87. The Morgan fingerprint density at radius 3 is 2.60 bits per heavy atom. The van der Waals surface area contributed by atoms with Crippen molar-refractivity contribution in [2.24, 2.45) is 5.41 Å². The molecular formula is C18H23NO. The van der Waals surface area contributed by atoms with Crippen LogP contribution in [0, 0.1) is 5.41 Å². The van der Waals surface area contributed by atoms with Crippen LogP contribution in [0.2, 0.25) is 0 Å². The molecule has 20 heavy (non-hydrogen) atoms. The van der Waals surface area contributed by atoms with E-state index in [2.05, 4.69) is 36.5 Å². The van der Waals surface area contributed by atoms with Gasteiger partial charge in [-0.05, 0) is 40.7 Å². The highest BCUT2D eigenvalue weighted by atomic mass is 16.3. The van der Waals surface area contributed by atoms with E-state index in [0.29, 0.717) is 12.0 Å². The summed E-state index contributed by atoms with van der Waals surface area (Å²) in [7, 11) is 0. The monoisotopic (exact) mass is 269 g/mol. The van der Waals surface area contributed by atoms with Crippen LogP contribution in [0.5, 0.6) is 0 Å². The van der Waals surface area contributed by atoms with E-state index in [1.54, 1.807) is 0 Å². The van der Waals surface area contributed by atoms with Crippen molar-refractivity contribution in [2.75, 3.05) is 13.1 Å². The molecule has 2 aromatic rings. The molecule has 0 bridgehead atoms. The molecule has 106 valence electrons. The van der Waals surface area contributed by atoms with E-state index >= 15 is 0 Å². The zero-order valence-electron chi connectivity index (χ0n) is 12.1. The van der Waals surface area contributed by atoms with E-state index in [1.807, 2.05) is 18.2 Å². The fourth-order valence-electron chi connectivity index (χ4n) is 3.00. The van der Waals surface area contributed by atoms with Crippen LogP contribution in [0.1, 0.15) is 37.9 Å². The Kier molecular flexibility index (Phi) is 3.77. The Balaban J connectivity index is 1.61. The summed E-state index contributed by atoms with van der Waals surface area (Å²) in [6.45, 7) is 3.97. The Morgan fingerprint density at radius 2 is 1.90 bits per heavy atom. The summed E-state index contributed by atoms with van der Waals surface area (Å²) < 4.78 is 0. The second-order valence-corrected chi connectivity index (χ2v) is 6.42. The van der Waals surface area contributed by atoms with Gasteiger partial charge in [0.15, 0.2) is 0 Å². The summed E-state index contributed by atoms with van der Waals surface area (Å²) in [6, 6.07) is 14.5. The van der Waals surface area contributed by atoms with Gasteiger partial charge >= 0.3 is 0 Å². The topological polar surface area (TPSA) is 32.3 Å². The largest absolute Gasteiger partial charge is 0.387 e. The normalized spacial score (nSPS) is 18.7. The third-order valence-corrected chi connectivity index (χ3v) is 4.61. The summed E-state index contributed by atoms with van der Waals surface area (Å²) in [6.07, 6.45) is 3.55. The highest BCUT2D eigenvalue weighted by Gasteiger charge is 2.31. The van der Waals surface area contributed by atoms with E-state index < -0.39 is 6.10 Å². The van der Waals surface area contributed by atoms with E-state index in [1.165, 1.54) is 30.0 Å². The van der Waals surface area contributed by atoms with Crippen LogP contribution in [-0.2, 0) is 0 Å². The average Bonchev–Trinajstić information content (AvgIpc) is 2.45. The first-order valence-corrected chi connectivity index (χ1v) is 7.54. The van der Waals surface area contributed by atoms with Crippen molar-refractivity contribution in [1.82, 2.24) is 5.32 Å². The fraction of sp³-hybridized carbons (Fsp3) is 0.444. The minimum absolute atomic E-state index is 0.428. The number of benzene rings is 2. The summed E-state index contributed by atoms with van der Waals surface area (Å²) >= 11 is 0. The minimum atomic E-state index is -0.428. The maximum Gasteiger partial charge on any atom is 0.0914 e. The molecule has 0 radical (unpaired) electrons. The molecule has 1 atom stereocenters. The number of nitrogens with one attached hydrogen (secondary N) is 1. The minimum Gasteiger partial charge on any atom is -0.387 e. The third-order valence-electron chi connectivity index (χ3n) is 4.61. The summed E-state index contributed by atoms with van der Waals surface area (Å²) in [5.41, 5.74) is 1.46. The Hall–Kier alpha value is -1.38. The first-order chi connectivity index (χ1) is 9.66. The van der Waals surface area contributed by atoms with Crippen molar-refractivity contribution < 1.29 is 5.11 Å². The molecule has 1 fully saturated rings. The highest BCUT2D eigenvalue weighted by Crippen LogP contribution is 2.39. The van der Waals surface area contributed by atoms with E-state index in [0.717, 1.165) is 12.1 Å². The molecule has 0 saturated heterocycles. The lowest BCUT2D eigenvalue weighted by Gasteiger charge is -2.38. The van der Waals surface area contributed by atoms with Gasteiger partial charge in [-0.2, -0.15) is 0 Å². The number of fused-ring (bicyclic) bond motifs is 1. The maximum absolute atomic E-state index is 10.3. The first kappa shape index (κ1) is 13.6. The number of hydrogen-bond acceptors (Lipinski definition) is 2. The molecule has 2 heteroatoms. The van der Waals surface area contributed by atoms with Gasteiger partial charge in [0, 0.05) is 13.1 Å². The summed E-state index contributed by atoms with van der Waals surface area (Å²) in [4.78, 5) is 0. The molecule has 3 rings (SSSR count). The van der Waals surface area contributed by atoms with Crippen LogP contribution in [0.3, 0.4) is 0 Å². The molecule has 1 saturated carbocycles. The predicted octanol–water partition coefficient (Wildman–Crippen LogP) is 3.65. The van der Waals surface area contributed by atoms with Crippen LogP contribution in [0.25, 0.3) is 10.8 Å². The van der Waals surface area contributed by atoms with Crippen LogP contribution in [0.15, 0.2) is 42.5 Å². The SMILES string of the molecule is CC1(CNCC(O)c2ccc3ccccc3c2)CCC1. The lowest BCUT2D eigenvalue weighted by atomic mass is 9.70. The molecule has 0 heterocycles. The first-order valence-electron chi connectivity index (χ1n) is 7.54. The number of hydrogen-bond donors (Lipinski definition) is 2. The molecule has 1 aliphatic rings. The van der Waals surface area contributed by atoms with Gasteiger partial charge < -0.3 is 10.4 Å². The fourth-order valence-corrected chi connectivity index (χ4v) is 3.00. The van der Waals surface area contributed by atoms with Crippen molar-refractivity contribution in [2.45, 2.75) is 32.3 Å². The van der Waals surface area contributed by atoms with Crippen LogP contribution in [0.4, 0.5) is 0 Å². The van der Waals surface area contributed by atoms with Gasteiger partial charge in [-0.3, -0.25) is 0 Å². The van der Waals surface area contributed by atoms with E-state index in [4.69, 9.17) is 0 Å². The molecule has 0 spiro atoms. The van der Waals surface area contributed by atoms with Gasteiger partial charge in [0.05, 0.1) is 6.10 Å². The smallest absolute Gasteiger partial charge is 0.0914 e. The van der Waals surface area contributed by atoms with Gasteiger partial charge in [-0.1, -0.05) is 49.7 Å². The molecule has 2 nitrogen and oxygen atoms in total. The molecule has 2 aromatic carbocycles. The van der Waals surface area contributed by atoms with Gasteiger partial charge in [-0.15, -0.1) is 0 Å². The molecule has 1 unspecified atom stereocenters.